The number of allylic oxidation sites excluding steroid dienone is 2. The molecular formula is C15H23ClO3Si. The lowest BCUT2D eigenvalue weighted by atomic mass is 9.93. The topological polar surface area (TPSA) is 43.4 Å². The number of esters is 1. The molecule has 0 bridgehead atoms. The van der Waals surface area contributed by atoms with Crippen molar-refractivity contribution in [2.75, 3.05) is 12.5 Å². The van der Waals surface area contributed by atoms with E-state index in [0.717, 1.165) is 12.8 Å². The van der Waals surface area contributed by atoms with Gasteiger partial charge in [-0.05, 0) is 18.9 Å². The molecule has 2 unspecified atom stereocenters. The summed E-state index contributed by atoms with van der Waals surface area (Å²) in [4.78, 5) is 23.5. The zero-order valence-electron chi connectivity index (χ0n) is 12.7. The van der Waals surface area contributed by atoms with Crippen LogP contribution in [0, 0.1) is 11.3 Å². The van der Waals surface area contributed by atoms with Crippen LogP contribution in [0.1, 0.15) is 19.8 Å². The molecule has 1 saturated carbocycles. The molecule has 0 radical (unpaired) electrons. The van der Waals surface area contributed by atoms with Crippen LogP contribution in [0.2, 0.25) is 24.7 Å². The van der Waals surface area contributed by atoms with Crippen LogP contribution in [0.3, 0.4) is 0 Å². The standard InChI is InChI=1S/C15H23ClO3Si/c1-11(17)19-10-14(7-5-9-16)13-12(18)6-8-15(13,14)20(2,3)4/h6,8,13H,5,7,9-10H2,1-4H3/t13?,14?,15-/m0/s1. The van der Waals surface area contributed by atoms with Gasteiger partial charge in [-0.25, -0.2) is 0 Å². The Morgan fingerprint density at radius 3 is 2.55 bits per heavy atom. The number of carbonyl (C=O) groups is 2. The van der Waals surface area contributed by atoms with Gasteiger partial charge in [0, 0.05) is 29.2 Å². The summed E-state index contributed by atoms with van der Waals surface area (Å²) in [5, 5.41) is -0.0570. The normalized spacial score (nSPS) is 35.0. The molecule has 3 atom stereocenters. The predicted molar refractivity (Wildman–Crippen MR) is 82.7 cm³/mol. The third-order valence-electron chi connectivity index (χ3n) is 5.07. The van der Waals surface area contributed by atoms with Gasteiger partial charge in [0.25, 0.3) is 0 Å². The van der Waals surface area contributed by atoms with Crippen molar-refractivity contribution in [3.05, 3.63) is 12.2 Å². The van der Waals surface area contributed by atoms with Gasteiger partial charge in [0.15, 0.2) is 5.78 Å². The first-order chi connectivity index (χ1) is 9.23. The highest BCUT2D eigenvalue weighted by Gasteiger charge is 2.82. The number of rotatable bonds is 6. The third-order valence-corrected chi connectivity index (χ3v) is 8.78. The van der Waals surface area contributed by atoms with Crippen LogP contribution >= 0.6 is 11.6 Å². The lowest BCUT2D eigenvalue weighted by molar-refractivity contribution is -0.143. The van der Waals surface area contributed by atoms with Gasteiger partial charge < -0.3 is 4.74 Å². The van der Waals surface area contributed by atoms with Gasteiger partial charge in [-0.15, -0.1) is 11.6 Å². The van der Waals surface area contributed by atoms with Crippen molar-refractivity contribution in [3.8, 4) is 0 Å². The zero-order chi connectivity index (χ0) is 15.2. The average molecular weight is 315 g/mol. The van der Waals surface area contributed by atoms with E-state index in [4.69, 9.17) is 16.3 Å². The number of alkyl halides is 1. The van der Waals surface area contributed by atoms with Crippen LogP contribution in [0.15, 0.2) is 12.2 Å². The summed E-state index contributed by atoms with van der Waals surface area (Å²) in [5.74, 6) is 0.509. The highest BCUT2D eigenvalue weighted by Crippen LogP contribution is 2.84. The van der Waals surface area contributed by atoms with E-state index in [1.165, 1.54) is 6.92 Å². The SMILES string of the molecule is CC(=O)OCC1(CCCCl)C2C(=O)C=C[C@]21[Si](C)(C)C. The molecule has 0 spiro atoms. The van der Waals surface area contributed by atoms with E-state index >= 15 is 0 Å². The largest absolute Gasteiger partial charge is 0.465 e. The minimum absolute atomic E-state index is 0.00392. The van der Waals surface area contributed by atoms with E-state index in [0.29, 0.717) is 12.5 Å². The number of fused-ring (bicyclic) bond motifs is 1. The Morgan fingerprint density at radius 1 is 1.45 bits per heavy atom. The fourth-order valence-electron chi connectivity index (χ4n) is 4.36. The first-order valence-electron chi connectivity index (χ1n) is 7.15. The molecule has 2 aliphatic rings. The van der Waals surface area contributed by atoms with E-state index in [2.05, 4.69) is 25.7 Å². The van der Waals surface area contributed by atoms with Gasteiger partial charge in [-0.1, -0.05) is 25.7 Å². The van der Waals surface area contributed by atoms with Crippen LogP contribution in [0.25, 0.3) is 0 Å². The maximum absolute atomic E-state index is 12.3. The lowest BCUT2D eigenvalue weighted by Gasteiger charge is -2.32. The maximum Gasteiger partial charge on any atom is 0.302 e. The summed E-state index contributed by atoms with van der Waals surface area (Å²) in [6.07, 6.45) is 5.56. The molecule has 0 heterocycles. The van der Waals surface area contributed by atoms with Gasteiger partial charge in [0.05, 0.1) is 14.7 Å². The van der Waals surface area contributed by atoms with Gasteiger partial charge in [-0.3, -0.25) is 9.59 Å². The zero-order valence-corrected chi connectivity index (χ0v) is 14.4. The number of ether oxygens (including phenoxy) is 1. The molecule has 112 valence electrons. The summed E-state index contributed by atoms with van der Waals surface area (Å²) in [5.41, 5.74) is -0.204. The molecule has 0 aromatic heterocycles. The number of halogens is 1. The summed E-state index contributed by atoms with van der Waals surface area (Å²) < 4.78 is 5.33. The van der Waals surface area contributed by atoms with Crippen LogP contribution in [-0.4, -0.2) is 32.3 Å². The molecule has 0 saturated heterocycles. The molecular weight excluding hydrogens is 292 g/mol. The van der Waals surface area contributed by atoms with Crippen LogP contribution in [0.5, 0.6) is 0 Å². The Bertz CT molecular complexity index is 468. The highest BCUT2D eigenvalue weighted by molar-refractivity contribution is 6.81. The van der Waals surface area contributed by atoms with Crippen LogP contribution < -0.4 is 0 Å². The Hall–Kier alpha value is -0.613. The average Bonchev–Trinajstić information content (AvgIpc) is 2.77. The summed E-state index contributed by atoms with van der Waals surface area (Å²) in [6.45, 7) is 8.65. The molecule has 2 rings (SSSR count). The van der Waals surface area contributed by atoms with Crippen molar-refractivity contribution in [2.45, 2.75) is 44.4 Å². The molecule has 1 fully saturated rings. The van der Waals surface area contributed by atoms with E-state index in [1.54, 1.807) is 6.08 Å². The van der Waals surface area contributed by atoms with E-state index in [9.17, 15) is 9.59 Å². The Labute approximate surface area is 126 Å². The molecule has 2 aliphatic carbocycles. The second kappa shape index (κ2) is 4.99. The van der Waals surface area contributed by atoms with Crippen LogP contribution in [0.4, 0.5) is 0 Å². The molecule has 3 nitrogen and oxygen atoms in total. The number of hydrogen-bond acceptors (Lipinski definition) is 3. The van der Waals surface area contributed by atoms with Gasteiger partial charge >= 0.3 is 5.97 Å². The van der Waals surface area contributed by atoms with E-state index in [1.807, 2.05) is 0 Å². The fraction of sp³-hybridized carbons (Fsp3) is 0.733. The van der Waals surface area contributed by atoms with Crippen molar-refractivity contribution in [3.63, 3.8) is 0 Å². The lowest BCUT2D eigenvalue weighted by Crippen LogP contribution is -2.34. The molecule has 0 amide bonds. The minimum Gasteiger partial charge on any atom is -0.465 e. The van der Waals surface area contributed by atoms with Gasteiger partial charge in [0.1, 0.15) is 0 Å². The molecule has 5 heteroatoms. The quantitative estimate of drug-likeness (QED) is 0.429. The van der Waals surface area contributed by atoms with Crippen molar-refractivity contribution in [1.29, 1.82) is 0 Å². The van der Waals surface area contributed by atoms with Crippen LogP contribution in [-0.2, 0) is 14.3 Å². The first-order valence-corrected chi connectivity index (χ1v) is 11.2. The summed E-state index contributed by atoms with van der Waals surface area (Å²) >= 11 is 5.85. The minimum atomic E-state index is -1.62. The second-order valence-electron chi connectivity index (χ2n) is 7.02. The smallest absolute Gasteiger partial charge is 0.302 e. The third kappa shape index (κ3) is 1.99. The van der Waals surface area contributed by atoms with E-state index < -0.39 is 8.07 Å². The molecule has 0 N–H and O–H groups in total. The Kier molecular flexibility index (Phi) is 3.93. The van der Waals surface area contributed by atoms with Crippen molar-refractivity contribution < 1.29 is 14.3 Å². The maximum atomic E-state index is 12.3. The molecule has 0 aromatic carbocycles. The predicted octanol–water partition coefficient (Wildman–Crippen LogP) is 3.40. The molecule has 20 heavy (non-hydrogen) atoms. The summed E-state index contributed by atoms with van der Waals surface area (Å²) in [6, 6.07) is 0. The number of ketones is 1. The summed E-state index contributed by atoms with van der Waals surface area (Å²) in [7, 11) is -1.62. The van der Waals surface area contributed by atoms with Gasteiger partial charge in [0.2, 0.25) is 0 Å². The highest BCUT2D eigenvalue weighted by atomic mass is 35.5. The monoisotopic (exact) mass is 314 g/mol. The van der Waals surface area contributed by atoms with Gasteiger partial charge in [-0.2, -0.15) is 0 Å². The fourth-order valence-corrected chi connectivity index (χ4v) is 8.12. The van der Waals surface area contributed by atoms with Crippen molar-refractivity contribution >= 4 is 31.4 Å². The Morgan fingerprint density at radius 2 is 2.10 bits per heavy atom. The number of carbonyl (C=O) groups excluding carboxylic acids is 2. The van der Waals surface area contributed by atoms with E-state index in [-0.39, 0.29) is 28.1 Å². The Balaban J connectivity index is 2.35. The number of hydrogen-bond donors (Lipinski definition) is 0. The van der Waals surface area contributed by atoms with Crippen molar-refractivity contribution in [1.82, 2.24) is 0 Å². The first kappa shape index (κ1) is 15.8. The molecule has 0 aliphatic heterocycles. The van der Waals surface area contributed by atoms with Crippen molar-refractivity contribution in [2.24, 2.45) is 11.3 Å². The molecule has 0 aromatic rings. The second-order valence-corrected chi connectivity index (χ2v) is 12.7.